The van der Waals surface area contributed by atoms with E-state index in [1.165, 1.54) is 42.5 Å². The molecular weight excluding hydrogens is 534 g/mol. The van der Waals surface area contributed by atoms with Gasteiger partial charge in [-0.15, -0.1) is 0 Å². The number of rotatable bonds is 6. The van der Waals surface area contributed by atoms with Gasteiger partial charge in [0.25, 0.3) is 11.8 Å². The number of nitrogens with zero attached hydrogens (tertiary/aromatic N) is 5. The number of benzene rings is 1. The van der Waals surface area contributed by atoms with Gasteiger partial charge in [0, 0.05) is 47.4 Å². The molecule has 2 N–H and O–H groups in total. The number of hydrogen-bond acceptors (Lipinski definition) is 7. The molecule has 41 heavy (non-hydrogen) atoms. The molecule has 0 aliphatic carbocycles. The number of aliphatic hydroxyl groups is 1. The molecule has 4 aromatic rings. The first kappa shape index (κ1) is 28.1. The first-order valence-electron chi connectivity index (χ1n) is 13.1. The SMILES string of the molecule is Cc1nc2cc(F)c(-c3cnc(C(C)(C)O)nc3)cn2c1CN1C(=O)[C@@H](C)Oc2c(F)cc(C(=O)NC(C)C)cc21. The number of hydrogen-bond donors (Lipinski definition) is 2. The summed E-state index contributed by atoms with van der Waals surface area (Å²) in [6.07, 6.45) is 3.39. The quantitative estimate of drug-likeness (QED) is 0.362. The number of anilines is 1. The van der Waals surface area contributed by atoms with Crippen molar-refractivity contribution in [3.8, 4) is 16.9 Å². The topological polar surface area (TPSA) is 122 Å². The van der Waals surface area contributed by atoms with Crippen molar-refractivity contribution in [1.82, 2.24) is 24.7 Å². The van der Waals surface area contributed by atoms with Crippen LogP contribution in [0.4, 0.5) is 14.5 Å². The van der Waals surface area contributed by atoms with Gasteiger partial charge in [0.1, 0.15) is 17.1 Å². The summed E-state index contributed by atoms with van der Waals surface area (Å²) in [5.74, 6) is -2.20. The Morgan fingerprint density at radius 2 is 1.85 bits per heavy atom. The zero-order valence-corrected chi connectivity index (χ0v) is 23.5. The van der Waals surface area contributed by atoms with Gasteiger partial charge < -0.3 is 19.6 Å². The van der Waals surface area contributed by atoms with Gasteiger partial charge in [-0.3, -0.25) is 14.5 Å². The third-order valence-electron chi connectivity index (χ3n) is 6.73. The Morgan fingerprint density at radius 1 is 1.17 bits per heavy atom. The number of carbonyl (C=O) groups is 2. The van der Waals surface area contributed by atoms with E-state index in [0.29, 0.717) is 22.6 Å². The number of pyridine rings is 1. The van der Waals surface area contributed by atoms with Crippen molar-refractivity contribution in [3.63, 3.8) is 0 Å². The number of carbonyl (C=O) groups excluding carboxylic acids is 2. The normalized spacial score (nSPS) is 15.3. The van der Waals surface area contributed by atoms with E-state index in [0.717, 1.165) is 6.07 Å². The molecule has 0 saturated carbocycles. The zero-order chi connectivity index (χ0) is 29.8. The van der Waals surface area contributed by atoms with Crippen LogP contribution < -0.4 is 15.0 Å². The van der Waals surface area contributed by atoms with Gasteiger partial charge in [-0.05, 0) is 53.7 Å². The second-order valence-corrected chi connectivity index (χ2v) is 10.9. The minimum absolute atomic E-state index is 0.0413. The van der Waals surface area contributed by atoms with Gasteiger partial charge in [0.05, 0.1) is 23.6 Å². The second kappa shape index (κ2) is 10.2. The maximum absolute atomic E-state index is 15.2. The van der Waals surface area contributed by atoms with Crippen molar-refractivity contribution in [2.45, 2.75) is 65.8 Å². The Kier molecular flexibility index (Phi) is 6.98. The Balaban J connectivity index is 1.59. The van der Waals surface area contributed by atoms with E-state index in [2.05, 4.69) is 20.3 Å². The summed E-state index contributed by atoms with van der Waals surface area (Å²) in [5, 5.41) is 12.9. The molecule has 0 fully saturated rings. The van der Waals surface area contributed by atoms with Gasteiger partial charge in [0.2, 0.25) is 0 Å². The molecular formula is C29H30F2N6O4. The third kappa shape index (κ3) is 5.22. The lowest BCUT2D eigenvalue weighted by atomic mass is 10.1. The highest BCUT2D eigenvalue weighted by Gasteiger charge is 2.35. The smallest absolute Gasteiger partial charge is 0.268 e. The Bertz CT molecular complexity index is 1680. The van der Waals surface area contributed by atoms with Gasteiger partial charge in [0.15, 0.2) is 23.5 Å². The Hall–Kier alpha value is -4.45. The van der Waals surface area contributed by atoms with E-state index in [-0.39, 0.29) is 41.0 Å². The summed E-state index contributed by atoms with van der Waals surface area (Å²) in [7, 11) is 0. The van der Waals surface area contributed by atoms with Gasteiger partial charge in [-0.2, -0.15) is 0 Å². The predicted molar refractivity (Wildman–Crippen MR) is 146 cm³/mol. The first-order valence-corrected chi connectivity index (χ1v) is 13.1. The summed E-state index contributed by atoms with van der Waals surface area (Å²) in [6.45, 7) is 9.85. The monoisotopic (exact) mass is 564 g/mol. The fourth-order valence-electron chi connectivity index (χ4n) is 4.67. The molecule has 214 valence electrons. The Labute approximate surface area is 235 Å². The molecule has 10 nitrogen and oxygen atoms in total. The van der Waals surface area contributed by atoms with Gasteiger partial charge in [-0.25, -0.2) is 23.7 Å². The third-order valence-corrected chi connectivity index (χ3v) is 6.73. The average Bonchev–Trinajstić information content (AvgIpc) is 3.19. The van der Waals surface area contributed by atoms with Crippen LogP contribution in [-0.2, 0) is 16.9 Å². The fourth-order valence-corrected chi connectivity index (χ4v) is 4.67. The molecule has 0 saturated heterocycles. The van der Waals surface area contributed by atoms with Crippen molar-refractivity contribution >= 4 is 23.1 Å². The number of nitrogens with one attached hydrogen (secondary N) is 1. The zero-order valence-electron chi connectivity index (χ0n) is 23.5. The van der Waals surface area contributed by atoms with E-state index in [1.807, 2.05) is 0 Å². The lowest BCUT2D eigenvalue weighted by Crippen LogP contribution is -2.44. The molecule has 1 aliphatic rings. The molecule has 0 radical (unpaired) electrons. The molecule has 3 aromatic heterocycles. The van der Waals surface area contributed by atoms with Gasteiger partial charge in [-0.1, -0.05) is 0 Å². The summed E-state index contributed by atoms with van der Waals surface area (Å²) in [6, 6.07) is 3.59. The Morgan fingerprint density at radius 3 is 2.49 bits per heavy atom. The van der Waals surface area contributed by atoms with Crippen molar-refractivity contribution in [2.24, 2.45) is 0 Å². The number of aryl methyl sites for hydroxylation is 1. The van der Waals surface area contributed by atoms with Gasteiger partial charge >= 0.3 is 0 Å². The lowest BCUT2D eigenvalue weighted by Gasteiger charge is -2.33. The van der Waals surface area contributed by atoms with Crippen LogP contribution in [0.15, 0.2) is 36.8 Å². The molecule has 1 aliphatic heterocycles. The maximum Gasteiger partial charge on any atom is 0.268 e. The van der Waals surface area contributed by atoms with Crippen LogP contribution in [0.1, 0.15) is 62.2 Å². The minimum Gasteiger partial charge on any atom is -0.476 e. The predicted octanol–water partition coefficient (Wildman–Crippen LogP) is 4.06. The number of aromatic nitrogens is 4. The molecule has 0 bridgehead atoms. The van der Waals surface area contributed by atoms with Crippen LogP contribution in [0.3, 0.4) is 0 Å². The van der Waals surface area contributed by atoms with Crippen LogP contribution in [-0.4, -0.2) is 48.4 Å². The van der Waals surface area contributed by atoms with E-state index < -0.39 is 35.2 Å². The second-order valence-electron chi connectivity index (χ2n) is 10.9. The number of fused-ring (bicyclic) bond motifs is 2. The molecule has 0 spiro atoms. The summed E-state index contributed by atoms with van der Waals surface area (Å²) < 4.78 is 37.6. The highest BCUT2D eigenvalue weighted by atomic mass is 19.1. The van der Waals surface area contributed by atoms with Crippen molar-refractivity contribution in [2.75, 3.05) is 4.90 Å². The van der Waals surface area contributed by atoms with Crippen molar-refractivity contribution in [1.29, 1.82) is 0 Å². The average molecular weight is 565 g/mol. The fraction of sp³-hybridized carbons (Fsp3) is 0.345. The van der Waals surface area contributed by atoms with E-state index in [4.69, 9.17) is 4.74 Å². The maximum atomic E-state index is 15.2. The minimum atomic E-state index is -1.26. The molecule has 0 unspecified atom stereocenters. The molecule has 2 amide bonds. The molecule has 5 rings (SSSR count). The van der Waals surface area contributed by atoms with Crippen molar-refractivity contribution < 1.29 is 28.2 Å². The van der Waals surface area contributed by atoms with E-state index in [1.54, 1.807) is 39.0 Å². The number of ether oxygens (including phenoxy) is 1. The van der Waals surface area contributed by atoms with Crippen LogP contribution in [0.2, 0.25) is 0 Å². The van der Waals surface area contributed by atoms with Crippen LogP contribution in [0.25, 0.3) is 16.8 Å². The van der Waals surface area contributed by atoms with Crippen LogP contribution >= 0.6 is 0 Å². The highest BCUT2D eigenvalue weighted by Crippen LogP contribution is 2.39. The lowest BCUT2D eigenvalue weighted by molar-refractivity contribution is -0.125. The number of halogens is 2. The largest absolute Gasteiger partial charge is 0.476 e. The first-order chi connectivity index (χ1) is 19.2. The van der Waals surface area contributed by atoms with Crippen molar-refractivity contribution in [3.05, 3.63) is 71.2 Å². The molecule has 1 aromatic carbocycles. The number of imidazole rings is 1. The van der Waals surface area contributed by atoms with E-state index >= 15 is 8.78 Å². The molecule has 4 heterocycles. The summed E-state index contributed by atoms with van der Waals surface area (Å²) in [4.78, 5) is 40.2. The number of amides is 2. The molecule has 1 atom stereocenters. The highest BCUT2D eigenvalue weighted by molar-refractivity contribution is 6.02. The summed E-state index contributed by atoms with van der Waals surface area (Å²) in [5.41, 5.74) is 0.812. The van der Waals surface area contributed by atoms with Crippen LogP contribution in [0.5, 0.6) is 5.75 Å². The standard InChI is InChI=1S/C29H30F2N6O4/c1-14(2)34-26(38)17-7-21(31)25-22(8-17)37(27(39)16(4)41-25)13-23-15(3)35-24-9-20(30)19(12-36(23)24)18-10-32-28(33-11-18)29(5,6)40/h7-12,14,16,40H,13H2,1-6H3,(H,34,38)/t16-/m1/s1. The van der Waals surface area contributed by atoms with E-state index in [9.17, 15) is 14.7 Å². The molecule has 12 heteroatoms. The van der Waals surface area contributed by atoms with Crippen LogP contribution in [0, 0.1) is 18.6 Å². The summed E-state index contributed by atoms with van der Waals surface area (Å²) >= 11 is 0.